The number of benzene rings is 1. The fraction of sp³-hybridized carbons (Fsp3) is 0.312. The van der Waals surface area contributed by atoms with Gasteiger partial charge >= 0.3 is 0 Å². The predicted octanol–water partition coefficient (Wildman–Crippen LogP) is 1.68. The normalized spacial score (nSPS) is 18.9. The molecule has 0 aliphatic carbocycles. The van der Waals surface area contributed by atoms with E-state index >= 15 is 0 Å². The van der Waals surface area contributed by atoms with Gasteiger partial charge in [0.15, 0.2) is 15.5 Å². The van der Waals surface area contributed by atoms with Crippen molar-refractivity contribution >= 4 is 21.4 Å². The molecule has 1 N–H and O–H groups in total. The summed E-state index contributed by atoms with van der Waals surface area (Å²) in [6.07, 6.45) is 0.515. The maximum atomic E-state index is 12.3. The molecule has 1 aromatic heterocycles. The van der Waals surface area contributed by atoms with Crippen LogP contribution in [0.3, 0.4) is 0 Å². The Balaban J connectivity index is 1.76. The Labute approximate surface area is 139 Å². The first-order valence-electron chi connectivity index (χ1n) is 7.46. The van der Waals surface area contributed by atoms with Gasteiger partial charge in [0.05, 0.1) is 29.2 Å². The van der Waals surface area contributed by atoms with Crippen molar-refractivity contribution in [3.8, 4) is 6.07 Å². The van der Waals surface area contributed by atoms with E-state index in [9.17, 15) is 13.2 Å². The van der Waals surface area contributed by atoms with E-state index in [1.54, 1.807) is 41.9 Å². The van der Waals surface area contributed by atoms with Gasteiger partial charge in [0.2, 0.25) is 0 Å². The Hall–Kier alpha value is -2.66. The summed E-state index contributed by atoms with van der Waals surface area (Å²) in [4.78, 5) is 12.3. The maximum absolute atomic E-state index is 12.3. The van der Waals surface area contributed by atoms with Crippen LogP contribution < -0.4 is 5.32 Å². The highest BCUT2D eigenvalue weighted by atomic mass is 32.2. The number of rotatable bonds is 3. The molecule has 0 spiro atoms. The average molecular weight is 344 g/mol. The third-order valence-electron chi connectivity index (χ3n) is 3.98. The van der Waals surface area contributed by atoms with Gasteiger partial charge in [0.25, 0.3) is 5.91 Å². The van der Waals surface area contributed by atoms with Crippen LogP contribution in [0.25, 0.3) is 0 Å². The fourth-order valence-electron chi connectivity index (χ4n) is 2.76. The molecule has 1 saturated heterocycles. The number of sulfone groups is 1. The monoisotopic (exact) mass is 344 g/mol. The van der Waals surface area contributed by atoms with E-state index in [0.717, 1.165) is 5.69 Å². The summed E-state index contributed by atoms with van der Waals surface area (Å²) in [6, 6.07) is 9.95. The highest BCUT2D eigenvalue weighted by Gasteiger charge is 2.31. The van der Waals surface area contributed by atoms with Crippen LogP contribution >= 0.6 is 0 Å². The second kappa shape index (κ2) is 6.09. The number of nitrogens with one attached hydrogen (secondary N) is 1. The largest absolute Gasteiger partial charge is 0.321 e. The zero-order valence-corrected chi connectivity index (χ0v) is 13.9. The Bertz CT molecular complexity index is 923. The lowest BCUT2D eigenvalue weighted by molar-refractivity contribution is 0.102. The van der Waals surface area contributed by atoms with Gasteiger partial charge < -0.3 is 5.32 Å². The minimum Gasteiger partial charge on any atom is -0.321 e. The Morgan fingerprint density at radius 2 is 2.08 bits per heavy atom. The molecule has 1 amide bonds. The minimum absolute atomic E-state index is 0.0617. The van der Waals surface area contributed by atoms with E-state index in [4.69, 9.17) is 5.26 Å². The Kier molecular flexibility index (Phi) is 4.11. The average Bonchev–Trinajstić information content (AvgIpc) is 3.10. The SMILES string of the molecule is Cc1cc(C(=O)Nc2ccc(C#N)cc2)nn1C1CCS(=O)(=O)C1. The summed E-state index contributed by atoms with van der Waals surface area (Å²) < 4.78 is 24.9. The zero-order chi connectivity index (χ0) is 17.3. The second-order valence-electron chi connectivity index (χ2n) is 5.82. The molecule has 124 valence electrons. The van der Waals surface area contributed by atoms with Crippen LogP contribution in [-0.4, -0.2) is 35.6 Å². The lowest BCUT2D eigenvalue weighted by atomic mass is 10.2. The van der Waals surface area contributed by atoms with E-state index in [0.29, 0.717) is 17.7 Å². The molecule has 1 fully saturated rings. The Morgan fingerprint density at radius 1 is 1.38 bits per heavy atom. The molecule has 0 saturated carbocycles. The van der Waals surface area contributed by atoms with E-state index < -0.39 is 9.84 Å². The van der Waals surface area contributed by atoms with Crippen LogP contribution in [0, 0.1) is 18.3 Å². The van der Waals surface area contributed by atoms with Crippen molar-refractivity contribution in [1.29, 1.82) is 5.26 Å². The molecule has 1 aromatic carbocycles. The van der Waals surface area contributed by atoms with Crippen LogP contribution in [0.4, 0.5) is 5.69 Å². The second-order valence-corrected chi connectivity index (χ2v) is 8.04. The molecule has 1 atom stereocenters. The molecule has 1 aliphatic heterocycles. The van der Waals surface area contributed by atoms with Crippen LogP contribution in [0.5, 0.6) is 0 Å². The first kappa shape index (κ1) is 16.2. The lowest BCUT2D eigenvalue weighted by Crippen LogP contribution is -2.16. The molecule has 2 aromatic rings. The molecular formula is C16H16N4O3S. The number of aryl methyl sites for hydroxylation is 1. The summed E-state index contributed by atoms with van der Waals surface area (Å²) in [6.45, 7) is 1.80. The molecule has 8 heteroatoms. The third-order valence-corrected chi connectivity index (χ3v) is 5.73. The molecule has 0 radical (unpaired) electrons. The number of carbonyl (C=O) groups is 1. The van der Waals surface area contributed by atoms with Gasteiger partial charge in [-0.05, 0) is 43.7 Å². The highest BCUT2D eigenvalue weighted by molar-refractivity contribution is 7.91. The fourth-order valence-corrected chi connectivity index (χ4v) is 4.45. The number of amides is 1. The number of carbonyl (C=O) groups excluding carboxylic acids is 1. The summed E-state index contributed by atoms with van der Waals surface area (Å²) in [5, 5.41) is 15.8. The van der Waals surface area contributed by atoms with Crippen molar-refractivity contribution < 1.29 is 13.2 Å². The van der Waals surface area contributed by atoms with Crippen molar-refractivity contribution in [3.63, 3.8) is 0 Å². The van der Waals surface area contributed by atoms with Gasteiger partial charge in [-0.25, -0.2) is 8.42 Å². The molecule has 24 heavy (non-hydrogen) atoms. The van der Waals surface area contributed by atoms with Gasteiger partial charge in [0, 0.05) is 11.4 Å². The van der Waals surface area contributed by atoms with Crippen LogP contribution in [-0.2, 0) is 9.84 Å². The van der Waals surface area contributed by atoms with Crippen molar-refractivity contribution in [3.05, 3.63) is 47.3 Å². The first-order chi connectivity index (χ1) is 11.4. The van der Waals surface area contributed by atoms with Crippen molar-refractivity contribution in [2.24, 2.45) is 0 Å². The molecular weight excluding hydrogens is 328 g/mol. The van der Waals surface area contributed by atoms with E-state index in [1.807, 2.05) is 6.07 Å². The van der Waals surface area contributed by atoms with Gasteiger partial charge in [-0.1, -0.05) is 0 Å². The molecule has 1 unspecified atom stereocenters. The van der Waals surface area contributed by atoms with Gasteiger partial charge in [0.1, 0.15) is 0 Å². The lowest BCUT2D eigenvalue weighted by Gasteiger charge is -2.10. The number of hydrogen-bond acceptors (Lipinski definition) is 5. The topological polar surface area (TPSA) is 105 Å². The van der Waals surface area contributed by atoms with Crippen LogP contribution in [0.15, 0.2) is 30.3 Å². The van der Waals surface area contributed by atoms with Gasteiger partial charge in [-0.2, -0.15) is 10.4 Å². The first-order valence-corrected chi connectivity index (χ1v) is 9.28. The molecule has 3 rings (SSSR count). The summed E-state index contributed by atoms with van der Waals surface area (Å²) in [7, 11) is -3.01. The number of hydrogen-bond donors (Lipinski definition) is 1. The number of anilines is 1. The van der Waals surface area contributed by atoms with Crippen LogP contribution in [0.2, 0.25) is 0 Å². The highest BCUT2D eigenvalue weighted by Crippen LogP contribution is 2.25. The van der Waals surface area contributed by atoms with Crippen LogP contribution in [0.1, 0.15) is 34.2 Å². The number of nitrogens with zero attached hydrogens (tertiary/aromatic N) is 3. The van der Waals surface area contributed by atoms with Gasteiger partial charge in [-0.15, -0.1) is 0 Å². The zero-order valence-electron chi connectivity index (χ0n) is 13.1. The predicted molar refractivity (Wildman–Crippen MR) is 88.4 cm³/mol. The van der Waals surface area contributed by atoms with Crippen molar-refractivity contribution in [2.45, 2.75) is 19.4 Å². The van der Waals surface area contributed by atoms with Gasteiger partial charge in [-0.3, -0.25) is 9.48 Å². The van der Waals surface area contributed by atoms with E-state index in [1.165, 1.54) is 0 Å². The van der Waals surface area contributed by atoms with Crippen molar-refractivity contribution in [2.75, 3.05) is 16.8 Å². The van der Waals surface area contributed by atoms with Crippen molar-refractivity contribution in [1.82, 2.24) is 9.78 Å². The summed E-state index contributed by atoms with van der Waals surface area (Å²) >= 11 is 0. The van der Waals surface area contributed by atoms with E-state index in [2.05, 4.69) is 10.4 Å². The smallest absolute Gasteiger partial charge is 0.276 e. The Morgan fingerprint density at radius 3 is 2.67 bits per heavy atom. The standard InChI is InChI=1S/C16H16N4O3S/c1-11-8-15(19-20(11)14-6-7-24(22,23)10-14)16(21)18-13-4-2-12(9-17)3-5-13/h2-5,8,14H,6-7,10H2,1H3,(H,18,21). The minimum atomic E-state index is -3.01. The van der Waals surface area contributed by atoms with E-state index in [-0.39, 0.29) is 29.1 Å². The molecule has 7 nitrogen and oxygen atoms in total. The quantitative estimate of drug-likeness (QED) is 0.912. The number of nitriles is 1. The molecule has 1 aliphatic rings. The number of aromatic nitrogens is 2. The summed E-state index contributed by atoms with van der Waals surface area (Å²) in [5.74, 6) is -0.155. The maximum Gasteiger partial charge on any atom is 0.276 e. The molecule has 2 heterocycles. The molecule has 0 bridgehead atoms. The summed E-state index contributed by atoms with van der Waals surface area (Å²) in [5.41, 5.74) is 2.06. The third kappa shape index (κ3) is 3.31.